The van der Waals surface area contributed by atoms with Crippen LogP contribution in [0.25, 0.3) is 22.2 Å². The molecule has 1 unspecified atom stereocenters. The van der Waals surface area contributed by atoms with Crippen LogP contribution in [0, 0.1) is 0 Å². The van der Waals surface area contributed by atoms with Crippen molar-refractivity contribution in [1.82, 2.24) is 4.98 Å². The third kappa shape index (κ3) is 4.20. The first-order valence-electron chi connectivity index (χ1n) is 10.9. The number of hydrogen-bond donors (Lipinski definition) is 1. The molecule has 5 rings (SSSR count). The summed E-state index contributed by atoms with van der Waals surface area (Å²) < 4.78 is 34.8. The lowest BCUT2D eigenvalue weighted by Crippen LogP contribution is -2.41. The van der Waals surface area contributed by atoms with Gasteiger partial charge in [0, 0.05) is 23.6 Å². The number of sulfonamides is 1. The Kier molecular flexibility index (Phi) is 5.45. The highest BCUT2D eigenvalue weighted by Crippen LogP contribution is 2.36. The van der Waals surface area contributed by atoms with E-state index in [1.54, 1.807) is 24.3 Å². The predicted molar refractivity (Wildman–Crippen MR) is 133 cm³/mol. The van der Waals surface area contributed by atoms with Crippen LogP contribution in [-0.2, 0) is 14.8 Å². The normalized spacial score (nSPS) is 15.5. The largest absolute Gasteiger partial charge is 0.487 e. The minimum Gasteiger partial charge on any atom is -0.487 e. The van der Waals surface area contributed by atoms with E-state index in [1.807, 2.05) is 49.4 Å². The third-order valence-corrected chi connectivity index (χ3v) is 7.07. The molecule has 1 N–H and O–H groups in total. The van der Waals surface area contributed by atoms with Gasteiger partial charge in [-0.15, -0.1) is 0 Å². The summed E-state index contributed by atoms with van der Waals surface area (Å²) in [6.45, 7) is 3.68. The van der Waals surface area contributed by atoms with Crippen molar-refractivity contribution in [3.8, 4) is 17.0 Å². The van der Waals surface area contributed by atoms with Gasteiger partial charge in [-0.2, -0.15) is 0 Å². The van der Waals surface area contributed by atoms with E-state index in [0.717, 1.165) is 22.2 Å². The van der Waals surface area contributed by atoms with Crippen molar-refractivity contribution in [2.45, 2.75) is 24.8 Å². The van der Waals surface area contributed by atoms with Crippen LogP contribution in [0.15, 0.2) is 83.8 Å². The number of nitrogens with one attached hydrogen (secondary N) is 1. The zero-order valence-corrected chi connectivity index (χ0v) is 19.5. The maximum Gasteiger partial charge on any atom is 0.261 e. The summed E-state index contributed by atoms with van der Waals surface area (Å²) >= 11 is 0. The second kappa shape index (κ2) is 8.46. The highest BCUT2D eigenvalue weighted by molar-refractivity contribution is 7.92. The number of carbonyl (C=O) groups excluding carboxylic acids is 1. The van der Waals surface area contributed by atoms with Gasteiger partial charge in [-0.1, -0.05) is 36.4 Å². The van der Waals surface area contributed by atoms with E-state index < -0.39 is 10.0 Å². The van der Waals surface area contributed by atoms with Crippen LogP contribution in [0.3, 0.4) is 0 Å². The van der Waals surface area contributed by atoms with Crippen LogP contribution in [0.4, 0.5) is 11.4 Å². The number of para-hydroxylation sites is 1. The number of rotatable bonds is 4. The molecule has 8 heteroatoms. The Balaban J connectivity index is 1.45. The number of hydrogen-bond acceptors (Lipinski definition) is 5. The van der Waals surface area contributed by atoms with E-state index in [2.05, 4.69) is 4.72 Å². The molecule has 2 heterocycles. The third-order valence-electron chi connectivity index (χ3n) is 5.69. The lowest BCUT2D eigenvalue weighted by atomic mass is 10.1. The maximum absolute atomic E-state index is 13.2. The van der Waals surface area contributed by atoms with Gasteiger partial charge in [0.1, 0.15) is 11.9 Å². The Morgan fingerprint density at radius 1 is 1.03 bits per heavy atom. The molecule has 1 aliphatic rings. The van der Waals surface area contributed by atoms with Crippen molar-refractivity contribution in [3.63, 3.8) is 0 Å². The van der Waals surface area contributed by atoms with Crippen LogP contribution >= 0.6 is 0 Å². The molecule has 1 atom stereocenters. The molecule has 7 nitrogen and oxygen atoms in total. The van der Waals surface area contributed by atoms with Crippen molar-refractivity contribution < 1.29 is 17.9 Å². The molecule has 0 saturated carbocycles. The van der Waals surface area contributed by atoms with Crippen molar-refractivity contribution in [3.05, 3.63) is 78.9 Å². The van der Waals surface area contributed by atoms with Crippen molar-refractivity contribution in [2.75, 3.05) is 16.2 Å². The molecule has 172 valence electrons. The number of benzene rings is 3. The monoisotopic (exact) mass is 473 g/mol. The molecule has 34 heavy (non-hydrogen) atoms. The highest BCUT2D eigenvalue weighted by Gasteiger charge is 2.28. The van der Waals surface area contributed by atoms with Crippen molar-refractivity contribution >= 4 is 38.2 Å². The molecular formula is C26H23N3O4S. The number of pyridine rings is 1. The number of carbonyl (C=O) groups is 1. The van der Waals surface area contributed by atoms with Gasteiger partial charge in [-0.3, -0.25) is 9.52 Å². The Bertz CT molecular complexity index is 1520. The Morgan fingerprint density at radius 2 is 1.85 bits per heavy atom. The van der Waals surface area contributed by atoms with Gasteiger partial charge in [0.05, 0.1) is 28.3 Å². The quantitative estimate of drug-likeness (QED) is 0.458. The zero-order chi connectivity index (χ0) is 23.9. The average molecular weight is 474 g/mol. The first-order valence-corrected chi connectivity index (χ1v) is 12.4. The molecule has 1 aliphatic heterocycles. The van der Waals surface area contributed by atoms with Gasteiger partial charge in [0.25, 0.3) is 10.0 Å². The number of aromatic nitrogens is 1. The molecule has 1 amide bonds. The number of fused-ring (bicyclic) bond motifs is 2. The first-order chi connectivity index (χ1) is 16.3. The summed E-state index contributed by atoms with van der Waals surface area (Å²) in [5, 5.41) is 1.04. The minimum atomic E-state index is -3.91. The molecule has 0 spiro atoms. The fourth-order valence-corrected chi connectivity index (χ4v) is 5.13. The van der Waals surface area contributed by atoms with E-state index in [-0.39, 0.29) is 16.9 Å². The van der Waals surface area contributed by atoms with Crippen LogP contribution < -0.4 is 14.4 Å². The number of nitrogens with zero attached hydrogens (tertiary/aromatic N) is 2. The van der Waals surface area contributed by atoms with Crippen molar-refractivity contribution in [1.29, 1.82) is 0 Å². The highest BCUT2D eigenvalue weighted by atomic mass is 32.2. The average Bonchev–Trinajstić information content (AvgIpc) is 2.82. The van der Waals surface area contributed by atoms with Gasteiger partial charge in [0.15, 0.2) is 0 Å². The molecular weight excluding hydrogens is 450 g/mol. The number of anilines is 2. The van der Waals surface area contributed by atoms with Crippen LogP contribution in [0.5, 0.6) is 5.75 Å². The molecule has 0 fully saturated rings. The van der Waals surface area contributed by atoms with Crippen LogP contribution in [0.2, 0.25) is 0 Å². The second-order valence-corrected chi connectivity index (χ2v) is 9.95. The number of amides is 1. The van der Waals surface area contributed by atoms with E-state index in [4.69, 9.17) is 9.72 Å². The van der Waals surface area contributed by atoms with Crippen molar-refractivity contribution in [2.24, 2.45) is 0 Å². The summed E-state index contributed by atoms with van der Waals surface area (Å²) in [5.74, 6) is 0.312. The fraction of sp³-hybridized carbons (Fsp3) is 0.154. The van der Waals surface area contributed by atoms with Gasteiger partial charge in [0.2, 0.25) is 5.91 Å². The summed E-state index contributed by atoms with van der Waals surface area (Å²) in [4.78, 5) is 18.4. The molecule has 0 saturated heterocycles. The van der Waals surface area contributed by atoms with Gasteiger partial charge >= 0.3 is 0 Å². The van der Waals surface area contributed by atoms with Gasteiger partial charge in [-0.05, 0) is 49.4 Å². The SMILES string of the molecule is CC(=O)N1CC(C)Oc2ccc(S(=O)(=O)Nc3cccc(-c4ccc5ccccc5n4)c3)cc21. The molecule has 0 radical (unpaired) electrons. The molecule has 4 aromatic rings. The zero-order valence-electron chi connectivity index (χ0n) is 18.7. The Labute approximate surface area is 198 Å². The lowest BCUT2D eigenvalue weighted by molar-refractivity contribution is -0.117. The standard InChI is InChI=1S/C26H23N3O4S/c1-17-16-29(18(2)30)25-15-22(11-13-26(25)33-17)34(31,32)28-21-8-5-7-20(14-21)24-12-10-19-6-3-4-9-23(19)27-24/h3-15,17,28H,16H2,1-2H3. The van der Waals surface area contributed by atoms with Gasteiger partial charge < -0.3 is 9.64 Å². The van der Waals surface area contributed by atoms with Crippen LogP contribution in [-0.4, -0.2) is 32.0 Å². The summed E-state index contributed by atoms with van der Waals surface area (Å²) in [6.07, 6.45) is -0.177. The lowest BCUT2D eigenvalue weighted by Gasteiger charge is -2.33. The predicted octanol–water partition coefficient (Wildman–Crippen LogP) is 4.84. The number of ether oxygens (including phenoxy) is 1. The summed E-state index contributed by atoms with van der Waals surface area (Å²) in [7, 11) is -3.91. The minimum absolute atomic E-state index is 0.0462. The molecule has 0 aliphatic carbocycles. The summed E-state index contributed by atoms with van der Waals surface area (Å²) in [6, 6.07) is 23.4. The Hall–Kier alpha value is -3.91. The topological polar surface area (TPSA) is 88.6 Å². The molecule has 3 aromatic carbocycles. The van der Waals surface area contributed by atoms with E-state index >= 15 is 0 Å². The van der Waals surface area contributed by atoms with E-state index in [0.29, 0.717) is 23.7 Å². The molecule has 1 aromatic heterocycles. The molecule has 0 bridgehead atoms. The van der Waals surface area contributed by atoms with E-state index in [1.165, 1.54) is 24.0 Å². The maximum atomic E-state index is 13.2. The second-order valence-electron chi connectivity index (χ2n) is 8.26. The van der Waals surface area contributed by atoms with Crippen LogP contribution in [0.1, 0.15) is 13.8 Å². The fourth-order valence-electron chi connectivity index (χ4n) is 4.07. The van der Waals surface area contributed by atoms with E-state index in [9.17, 15) is 13.2 Å². The Morgan fingerprint density at radius 3 is 2.68 bits per heavy atom. The first kappa shape index (κ1) is 21.9. The smallest absolute Gasteiger partial charge is 0.261 e. The van der Waals surface area contributed by atoms with Gasteiger partial charge in [-0.25, -0.2) is 13.4 Å². The summed E-state index contributed by atoms with van der Waals surface area (Å²) in [5.41, 5.74) is 3.27.